The van der Waals surface area contributed by atoms with Gasteiger partial charge in [-0.2, -0.15) is 10.2 Å². The largest absolute Gasteiger partial charge is 0.480 e. The van der Waals surface area contributed by atoms with Gasteiger partial charge in [0, 0.05) is 56.7 Å². The van der Waals surface area contributed by atoms with Crippen molar-refractivity contribution in [1.29, 1.82) is 0 Å². The number of carbonyl (C=O) groups excluding carboxylic acids is 1. The van der Waals surface area contributed by atoms with Gasteiger partial charge in [-0.05, 0) is 19.9 Å². The first-order chi connectivity index (χ1) is 12.5. The van der Waals surface area contributed by atoms with Gasteiger partial charge in [0.1, 0.15) is 12.2 Å². The van der Waals surface area contributed by atoms with Gasteiger partial charge < -0.3 is 10.0 Å². The maximum Gasteiger partial charge on any atom is 0.325 e. The molecule has 0 bridgehead atoms. The summed E-state index contributed by atoms with van der Waals surface area (Å²) >= 11 is 0. The zero-order valence-electron chi connectivity index (χ0n) is 15.1. The Morgan fingerprint density at radius 1 is 1.23 bits per heavy atom. The number of hydrogen-bond donors (Lipinski definition) is 1. The molecule has 2 aromatic rings. The highest BCUT2D eigenvalue weighted by Crippen LogP contribution is 2.14. The molecular weight excluding hydrogens is 336 g/mol. The van der Waals surface area contributed by atoms with Crippen molar-refractivity contribution < 1.29 is 14.7 Å². The summed E-state index contributed by atoms with van der Waals surface area (Å²) in [7, 11) is 0. The number of aromatic nitrogens is 4. The highest BCUT2D eigenvalue weighted by atomic mass is 16.4. The average Bonchev–Trinajstić information content (AvgIpc) is 3.22. The number of aryl methyl sites for hydroxylation is 1. The number of carboxylic acids is 1. The lowest BCUT2D eigenvalue weighted by Crippen LogP contribution is -2.48. The zero-order chi connectivity index (χ0) is 18.7. The number of amides is 1. The number of piperazine rings is 1. The molecule has 26 heavy (non-hydrogen) atoms. The Balaban J connectivity index is 1.54. The molecule has 140 valence electrons. The quantitative estimate of drug-likeness (QED) is 0.803. The first-order valence-electron chi connectivity index (χ1n) is 8.76. The van der Waals surface area contributed by atoms with E-state index in [1.54, 1.807) is 11.0 Å². The molecule has 1 amide bonds. The van der Waals surface area contributed by atoms with Crippen molar-refractivity contribution in [2.45, 2.75) is 33.5 Å². The molecule has 9 nitrogen and oxygen atoms in total. The molecule has 0 spiro atoms. The van der Waals surface area contributed by atoms with Crippen LogP contribution in [0.1, 0.15) is 28.7 Å². The molecule has 1 N–H and O–H groups in total. The van der Waals surface area contributed by atoms with Crippen molar-refractivity contribution >= 4 is 11.9 Å². The van der Waals surface area contributed by atoms with Gasteiger partial charge in [-0.25, -0.2) is 0 Å². The Morgan fingerprint density at radius 2 is 1.96 bits per heavy atom. The van der Waals surface area contributed by atoms with Gasteiger partial charge in [-0.3, -0.25) is 23.9 Å². The molecule has 1 aliphatic heterocycles. The number of rotatable bonds is 6. The Bertz CT molecular complexity index is 788. The van der Waals surface area contributed by atoms with Crippen molar-refractivity contribution in [2.24, 2.45) is 0 Å². The van der Waals surface area contributed by atoms with E-state index in [4.69, 9.17) is 5.11 Å². The topological polar surface area (TPSA) is 96.5 Å². The van der Waals surface area contributed by atoms with Crippen LogP contribution in [0.5, 0.6) is 0 Å². The molecule has 3 heterocycles. The van der Waals surface area contributed by atoms with Gasteiger partial charge in [0.25, 0.3) is 5.91 Å². The molecule has 3 rings (SSSR count). The zero-order valence-corrected chi connectivity index (χ0v) is 15.1. The number of aliphatic carboxylic acids is 1. The molecule has 0 saturated carbocycles. The summed E-state index contributed by atoms with van der Waals surface area (Å²) < 4.78 is 3.25. The Hall–Kier alpha value is -2.68. The van der Waals surface area contributed by atoms with Gasteiger partial charge in [0.15, 0.2) is 0 Å². The predicted octanol–water partition coefficient (Wildman–Crippen LogP) is 0.451. The summed E-state index contributed by atoms with van der Waals surface area (Å²) in [6.07, 6.45) is 3.44. The second-order valence-electron chi connectivity index (χ2n) is 6.43. The van der Waals surface area contributed by atoms with E-state index in [0.29, 0.717) is 18.8 Å². The fourth-order valence-corrected chi connectivity index (χ4v) is 3.17. The van der Waals surface area contributed by atoms with Crippen LogP contribution in [0.2, 0.25) is 0 Å². The lowest BCUT2D eigenvalue weighted by molar-refractivity contribution is -0.137. The monoisotopic (exact) mass is 360 g/mol. The number of carbonyl (C=O) groups is 2. The van der Waals surface area contributed by atoms with Crippen LogP contribution in [-0.4, -0.2) is 72.5 Å². The number of nitrogens with zero attached hydrogens (tertiary/aromatic N) is 6. The van der Waals surface area contributed by atoms with E-state index < -0.39 is 5.97 Å². The van der Waals surface area contributed by atoms with Crippen LogP contribution in [0, 0.1) is 6.92 Å². The molecule has 0 aromatic carbocycles. The summed E-state index contributed by atoms with van der Waals surface area (Å²) in [5.41, 5.74) is 2.70. The van der Waals surface area contributed by atoms with Crippen LogP contribution >= 0.6 is 0 Å². The molecule has 0 unspecified atom stereocenters. The van der Waals surface area contributed by atoms with E-state index in [0.717, 1.165) is 26.2 Å². The third-order valence-corrected chi connectivity index (χ3v) is 4.71. The molecule has 1 aliphatic rings. The number of carboxylic acid groups (broad SMARTS) is 1. The average molecular weight is 360 g/mol. The molecule has 1 fully saturated rings. The highest BCUT2D eigenvalue weighted by Gasteiger charge is 2.24. The summed E-state index contributed by atoms with van der Waals surface area (Å²) in [5.74, 6) is -1.13. The van der Waals surface area contributed by atoms with Crippen LogP contribution < -0.4 is 0 Å². The van der Waals surface area contributed by atoms with E-state index in [1.807, 2.05) is 10.9 Å². The van der Waals surface area contributed by atoms with E-state index in [1.165, 1.54) is 22.1 Å². The Kier molecular flexibility index (Phi) is 5.36. The van der Waals surface area contributed by atoms with Crippen molar-refractivity contribution in [2.75, 3.05) is 26.2 Å². The lowest BCUT2D eigenvalue weighted by Gasteiger charge is -2.34. The molecular formula is C17H24N6O3. The van der Waals surface area contributed by atoms with Crippen molar-refractivity contribution in [1.82, 2.24) is 29.4 Å². The van der Waals surface area contributed by atoms with E-state index in [9.17, 15) is 9.59 Å². The van der Waals surface area contributed by atoms with Crippen LogP contribution in [-0.2, 0) is 24.4 Å². The van der Waals surface area contributed by atoms with Gasteiger partial charge >= 0.3 is 5.97 Å². The minimum atomic E-state index is -0.984. The Labute approximate surface area is 151 Å². The Morgan fingerprint density at radius 3 is 2.58 bits per heavy atom. The maximum atomic E-state index is 12.5. The minimum absolute atomic E-state index is 0.149. The second-order valence-corrected chi connectivity index (χ2v) is 6.43. The normalized spacial score (nSPS) is 15.4. The summed E-state index contributed by atoms with van der Waals surface area (Å²) in [4.78, 5) is 27.3. The summed E-state index contributed by atoms with van der Waals surface area (Å²) in [5, 5.41) is 17.2. The molecule has 0 aliphatic carbocycles. The van der Waals surface area contributed by atoms with Crippen molar-refractivity contribution in [3.05, 3.63) is 35.4 Å². The van der Waals surface area contributed by atoms with E-state index in [-0.39, 0.29) is 12.5 Å². The minimum Gasteiger partial charge on any atom is -0.480 e. The maximum absolute atomic E-state index is 12.5. The van der Waals surface area contributed by atoms with Gasteiger partial charge in [0.2, 0.25) is 0 Å². The van der Waals surface area contributed by atoms with Crippen molar-refractivity contribution in [3.8, 4) is 0 Å². The first kappa shape index (κ1) is 18.1. The van der Waals surface area contributed by atoms with Crippen LogP contribution in [0.25, 0.3) is 0 Å². The fraction of sp³-hybridized carbons (Fsp3) is 0.529. The third-order valence-electron chi connectivity index (χ3n) is 4.71. The summed E-state index contributed by atoms with van der Waals surface area (Å²) in [6.45, 7) is 8.45. The third kappa shape index (κ3) is 3.93. The highest BCUT2D eigenvalue weighted by molar-refractivity contribution is 5.92. The van der Waals surface area contributed by atoms with Crippen molar-refractivity contribution in [3.63, 3.8) is 0 Å². The smallest absolute Gasteiger partial charge is 0.325 e. The van der Waals surface area contributed by atoms with Gasteiger partial charge in [0.05, 0.1) is 6.20 Å². The lowest BCUT2D eigenvalue weighted by atomic mass is 10.2. The number of hydrogen-bond acceptors (Lipinski definition) is 5. The van der Waals surface area contributed by atoms with E-state index in [2.05, 4.69) is 28.9 Å². The summed E-state index contributed by atoms with van der Waals surface area (Å²) in [6, 6.07) is 1.57. The molecule has 0 atom stereocenters. The van der Waals surface area contributed by atoms with Crippen LogP contribution in [0.3, 0.4) is 0 Å². The fourth-order valence-electron chi connectivity index (χ4n) is 3.17. The van der Waals surface area contributed by atoms with E-state index >= 15 is 0 Å². The van der Waals surface area contributed by atoms with Crippen LogP contribution in [0.15, 0.2) is 18.5 Å². The standard InChI is InChI=1S/C17H24N6O3/c1-3-23-13(2)14(10-18-23)11-20-6-8-21(9-7-20)17(26)15-4-5-22(19-15)12-16(24)25/h4-5,10H,3,6-9,11-12H2,1-2H3,(H,24,25). The van der Waals surface area contributed by atoms with Gasteiger partial charge in [-0.1, -0.05) is 0 Å². The molecule has 1 saturated heterocycles. The molecule has 0 radical (unpaired) electrons. The second kappa shape index (κ2) is 7.69. The van der Waals surface area contributed by atoms with Gasteiger partial charge in [-0.15, -0.1) is 0 Å². The first-order valence-corrected chi connectivity index (χ1v) is 8.76. The predicted molar refractivity (Wildman–Crippen MR) is 93.7 cm³/mol. The SMILES string of the molecule is CCn1ncc(CN2CCN(C(=O)c3ccn(CC(=O)O)n3)CC2)c1C. The molecule has 9 heteroatoms. The molecule has 2 aromatic heterocycles. The van der Waals surface area contributed by atoms with Crippen LogP contribution in [0.4, 0.5) is 0 Å².